The fraction of sp³-hybridized carbons (Fsp3) is 0.182. The van der Waals surface area contributed by atoms with E-state index in [1.807, 2.05) is 31.2 Å². The summed E-state index contributed by atoms with van der Waals surface area (Å²) in [7, 11) is 0. The van der Waals surface area contributed by atoms with Gasteiger partial charge in [-0.25, -0.2) is 0 Å². The second kappa shape index (κ2) is 2.97. The third-order valence-electron chi connectivity index (χ3n) is 2.60. The molecule has 0 saturated carbocycles. The Hall–Kier alpha value is -1.55. The van der Waals surface area contributed by atoms with Gasteiger partial charge in [0.05, 0.1) is 5.52 Å². The first-order chi connectivity index (χ1) is 7.31. The first-order valence-corrected chi connectivity index (χ1v) is 5.73. The van der Waals surface area contributed by atoms with E-state index in [1.165, 1.54) is 4.70 Å². The van der Waals surface area contributed by atoms with Crippen molar-refractivity contribution in [2.75, 3.05) is 0 Å². The third kappa shape index (κ3) is 1.08. The molecule has 76 valence electrons. The van der Waals surface area contributed by atoms with Crippen LogP contribution in [0.2, 0.25) is 0 Å². The molecule has 3 nitrogen and oxygen atoms in total. The number of aryl methyl sites for hydroxylation is 1. The first kappa shape index (κ1) is 8.73. The van der Waals surface area contributed by atoms with Gasteiger partial charge in [-0.3, -0.25) is 14.6 Å². The molecule has 0 saturated heterocycles. The summed E-state index contributed by atoms with van der Waals surface area (Å²) in [5.41, 5.74) is 1.07. The molecule has 2 heterocycles. The molecule has 0 radical (unpaired) electrons. The average Bonchev–Trinajstić information content (AvgIpc) is 2.76. The van der Waals surface area contributed by atoms with Crippen molar-refractivity contribution >= 4 is 31.6 Å². The lowest BCUT2D eigenvalue weighted by Gasteiger charge is -1.93. The normalized spacial score (nSPS) is 11.5. The number of aromatic amines is 1. The number of H-pyrrole nitrogens is 1. The van der Waals surface area contributed by atoms with Crippen LogP contribution in [-0.4, -0.2) is 9.78 Å². The highest BCUT2D eigenvalue weighted by molar-refractivity contribution is 7.25. The van der Waals surface area contributed by atoms with Gasteiger partial charge in [-0.05, 0) is 13.0 Å². The molecule has 0 atom stereocenters. The topological polar surface area (TPSA) is 37.8 Å². The van der Waals surface area contributed by atoms with E-state index in [9.17, 15) is 4.79 Å². The summed E-state index contributed by atoms with van der Waals surface area (Å²) in [6.45, 7) is 2.65. The highest BCUT2D eigenvalue weighted by atomic mass is 32.1. The van der Waals surface area contributed by atoms with Gasteiger partial charge < -0.3 is 0 Å². The fourth-order valence-corrected chi connectivity index (χ4v) is 2.94. The van der Waals surface area contributed by atoms with Crippen molar-refractivity contribution in [1.29, 1.82) is 0 Å². The van der Waals surface area contributed by atoms with Gasteiger partial charge in [0.2, 0.25) is 0 Å². The zero-order valence-electron chi connectivity index (χ0n) is 8.28. The van der Waals surface area contributed by atoms with Crippen LogP contribution in [0.25, 0.3) is 20.3 Å². The van der Waals surface area contributed by atoms with Crippen molar-refractivity contribution < 1.29 is 0 Å². The van der Waals surface area contributed by atoms with E-state index in [-0.39, 0.29) is 5.56 Å². The van der Waals surface area contributed by atoms with Crippen LogP contribution in [0.15, 0.2) is 29.1 Å². The Labute approximate surface area is 89.9 Å². The Kier molecular flexibility index (Phi) is 1.73. The maximum absolute atomic E-state index is 11.9. The lowest BCUT2D eigenvalue weighted by atomic mass is 10.2. The Balaban J connectivity index is 2.55. The number of nitrogens with one attached hydrogen (secondary N) is 1. The molecule has 3 rings (SSSR count). The zero-order chi connectivity index (χ0) is 10.4. The molecule has 0 amide bonds. The van der Waals surface area contributed by atoms with Crippen molar-refractivity contribution in [2.45, 2.75) is 13.5 Å². The number of benzene rings is 1. The van der Waals surface area contributed by atoms with Gasteiger partial charge in [-0.2, -0.15) is 0 Å². The summed E-state index contributed by atoms with van der Waals surface area (Å²) in [5, 5.41) is 4.29. The van der Waals surface area contributed by atoms with Crippen molar-refractivity contribution in [2.24, 2.45) is 0 Å². The van der Waals surface area contributed by atoms with Gasteiger partial charge in [0.1, 0.15) is 4.70 Å². The average molecular weight is 218 g/mol. The number of rotatable bonds is 1. The summed E-state index contributed by atoms with van der Waals surface area (Å²) in [6, 6.07) is 8.08. The summed E-state index contributed by atoms with van der Waals surface area (Å²) in [4.78, 5) is 11.9. The Morgan fingerprint density at radius 1 is 1.40 bits per heavy atom. The lowest BCUT2D eigenvalue weighted by molar-refractivity contribution is 0.646. The minimum Gasteiger partial charge on any atom is -0.293 e. The minimum absolute atomic E-state index is 0.0914. The molecule has 0 aliphatic heterocycles. The number of hydrogen-bond donors (Lipinski definition) is 1. The van der Waals surface area contributed by atoms with Crippen LogP contribution < -0.4 is 5.56 Å². The molecular formula is C11H10N2OS. The summed E-state index contributed by atoms with van der Waals surface area (Å²) in [6.07, 6.45) is 0. The van der Waals surface area contributed by atoms with Crippen LogP contribution in [-0.2, 0) is 6.54 Å². The molecule has 3 aromatic rings. The SMILES string of the molecule is CCn1[nH]c2c(sc3ccccc32)c1=O. The van der Waals surface area contributed by atoms with Crippen LogP contribution in [0, 0.1) is 0 Å². The molecule has 1 N–H and O–H groups in total. The molecule has 2 aromatic heterocycles. The quantitative estimate of drug-likeness (QED) is 0.669. The molecule has 0 bridgehead atoms. The maximum Gasteiger partial charge on any atom is 0.284 e. The van der Waals surface area contributed by atoms with E-state index in [1.54, 1.807) is 16.0 Å². The second-order valence-electron chi connectivity index (χ2n) is 3.46. The molecule has 0 unspecified atom stereocenters. The molecule has 0 fully saturated rings. The van der Waals surface area contributed by atoms with Gasteiger partial charge in [0.25, 0.3) is 5.56 Å². The smallest absolute Gasteiger partial charge is 0.284 e. The molecular weight excluding hydrogens is 208 g/mol. The molecule has 0 spiro atoms. The number of nitrogens with zero attached hydrogens (tertiary/aromatic N) is 1. The first-order valence-electron chi connectivity index (χ1n) is 4.91. The second-order valence-corrected chi connectivity index (χ2v) is 4.52. The zero-order valence-corrected chi connectivity index (χ0v) is 9.10. The Morgan fingerprint density at radius 3 is 3.00 bits per heavy atom. The molecule has 4 heteroatoms. The van der Waals surface area contributed by atoms with Crippen LogP contribution in [0.5, 0.6) is 0 Å². The number of fused-ring (bicyclic) bond motifs is 3. The van der Waals surface area contributed by atoms with Gasteiger partial charge >= 0.3 is 0 Å². The number of thiophene rings is 1. The fourth-order valence-electron chi connectivity index (χ4n) is 1.84. The van der Waals surface area contributed by atoms with Gasteiger partial charge in [0.15, 0.2) is 0 Å². The van der Waals surface area contributed by atoms with E-state index in [4.69, 9.17) is 0 Å². The monoisotopic (exact) mass is 218 g/mol. The van der Waals surface area contributed by atoms with Gasteiger partial charge in [-0.1, -0.05) is 18.2 Å². The molecule has 1 aromatic carbocycles. The predicted molar refractivity (Wildman–Crippen MR) is 63.6 cm³/mol. The lowest BCUT2D eigenvalue weighted by Crippen LogP contribution is -2.14. The minimum atomic E-state index is 0.0914. The summed E-state index contributed by atoms with van der Waals surface area (Å²) < 4.78 is 3.64. The molecule has 0 aliphatic carbocycles. The largest absolute Gasteiger partial charge is 0.293 e. The van der Waals surface area contributed by atoms with Crippen LogP contribution in [0.3, 0.4) is 0 Å². The van der Waals surface area contributed by atoms with E-state index in [0.29, 0.717) is 6.54 Å². The molecule has 15 heavy (non-hydrogen) atoms. The van der Waals surface area contributed by atoms with Crippen LogP contribution >= 0.6 is 11.3 Å². The molecule has 0 aliphatic rings. The number of hydrogen-bond acceptors (Lipinski definition) is 2. The van der Waals surface area contributed by atoms with E-state index in [2.05, 4.69) is 5.10 Å². The predicted octanol–water partition coefficient (Wildman–Crippen LogP) is 2.56. The highest BCUT2D eigenvalue weighted by Gasteiger charge is 2.11. The van der Waals surface area contributed by atoms with Gasteiger partial charge in [0, 0.05) is 16.6 Å². The summed E-state index contributed by atoms with van der Waals surface area (Å²) in [5.74, 6) is 0. The van der Waals surface area contributed by atoms with Crippen LogP contribution in [0.1, 0.15) is 6.92 Å². The van der Waals surface area contributed by atoms with Gasteiger partial charge in [-0.15, -0.1) is 11.3 Å². The van der Waals surface area contributed by atoms with Crippen LogP contribution in [0.4, 0.5) is 0 Å². The van der Waals surface area contributed by atoms with Crippen molar-refractivity contribution in [3.8, 4) is 0 Å². The number of aromatic nitrogens is 2. The standard InChI is InChI=1S/C11H10N2OS/c1-2-13-11(14)10-9(12-13)7-5-3-4-6-8(7)15-10/h3-6,12H,2H2,1H3. The van der Waals surface area contributed by atoms with E-state index < -0.39 is 0 Å². The third-order valence-corrected chi connectivity index (χ3v) is 3.76. The maximum atomic E-state index is 11.9. The Bertz CT molecular complexity index is 689. The highest BCUT2D eigenvalue weighted by Crippen LogP contribution is 2.29. The van der Waals surface area contributed by atoms with Crippen molar-refractivity contribution in [3.63, 3.8) is 0 Å². The van der Waals surface area contributed by atoms with E-state index >= 15 is 0 Å². The van der Waals surface area contributed by atoms with Crippen molar-refractivity contribution in [3.05, 3.63) is 34.6 Å². The van der Waals surface area contributed by atoms with E-state index in [0.717, 1.165) is 15.6 Å². The Morgan fingerprint density at radius 2 is 2.20 bits per heavy atom. The summed E-state index contributed by atoms with van der Waals surface area (Å²) >= 11 is 1.56. The van der Waals surface area contributed by atoms with Crippen molar-refractivity contribution in [1.82, 2.24) is 9.78 Å².